The van der Waals surface area contributed by atoms with Gasteiger partial charge in [-0.1, -0.05) is 79.9 Å². The zero-order chi connectivity index (χ0) is 24.2. The van der Waals surface area contributed by atoms with E-state index in [0.29, 0.717) is 0 Å². The number of benzene rings is 5. The molecule has 0 aliphatic carbocycles. The Balaban J connectivity index is 1.53. The minimum atomic E-state index is 1.13. The van der Waals surface area contributed by atoms with Crippen molar-refractivity contribution in [1.82, 2.24) is 9.13 Å². The maximum atomic E-state index is 3.97. The lowest BCUT2D eigenvalue weighted by Crippen LogP contribution is -1.98. The van der Waals surface area contributed by atoms with Crippen molar-refractivity contribution in [2.24, 2.45) is 0 Å². The molecule has 2 nitrogen and oxygen atoms in total. The molecular weight excluding hydrogens is 436 g/mol. The third-order valence-electron chi connectivity index (χ3n) is 7.21. The van der Waals surface area contributed by atoms with Crippen LogP contribution >= 0.6 is 0 Å². The summed E-state index contributed by atoms with van der Waals surface area (Å²) in [7, 11) is 0. The van der Waals surface area contributed by atoms with E-state index in [9.17, 15) is 0 Å². The second-order valence-electron chi connectivity index (χ2n) is 9.19. The summed E-state index contributed by atoms with van der Waals surface area (Å²) < 4.78 is 4.73. The summed E-state index contributed by atoms with van der Waals surface area (Å²) in [6.45, 7) is 7.94. The Labute approximate surface area is 209 Å². The number of hydrogen-bond acceptors (Lipinski definition) is 0. The highest BCUT2D eigenvalue weighted by Gasteiger charge is 2.15. The molecule has 7 rings (SSSR count). The fraction of sp³-hybridized carbons (Fsp3) is 0. The molecule has 0 bridgehead atoms. The number of hydrogen-bond donors (Lipinski definition) is 0. The highest BCUT2D eigenvalue weighted by molar-refractivity contribution is 6.11. The maximum Gasteiger partial charge on any atom is 0.0541 e. The fourth-order valence-electron chi connectivity index (χ4n) is 5.56. The fourth-order valence-corrected chi connectivity index (χ4v) is 5.56. The molecule has 0 N–H and O–H groups in total. The molecule has 0 aliphatic heterocycles. The number of para-hydroxylation sites is 2. The van der Waals surface area contributed by atoms with Gasteiger partial charge in [0, 0.05) is 32.9 Å². The van der Waals surface area contributed by atoms with Crippen molar-refractivity contribution >= 4 is 55.8 Å². The van der Waals surface area contributed by atoms with Gasteiger partial charge in [-0.3, -0.25) is 0 Å². The van der Waals surface area contributed by atoms with Gasteiger partial charge in [0.1, 0.15) is 0 Å². The van der Waals surface area contributed by atoms with E-state index in [-0.39, 0.29) is 0 Å². The van der Waals surface area contributed by atoms with E-state index in [2.05, 4.69) is 131 Å². The first-order valence-corrected chi connectivity index (χ1v) is 12.2. The minimum absolute atomic E-state index is 1.13. The van der Waals surface area contributed by atoms with Gasteiger partial charge in [0.25, 0.3) is 0 Å². The van der Waals surface area contributed by atoms with Gasteiger partial charge in [-0.25, -0.2) is 0 Å². The highest BCUT2D eigenvalue weighted by atomic mass is 15.0. The number of aromatic nitrogens is 2. The van der Waals surface area contributed by atoms with E-state index in [1.54, 1.807) is 0 Å². The molecule has 0 unspecified atom stereocenters. The molecule has 2 heterocycles. The predicted octanol–water partition coefficient (Wildman–Crippen LogP) is 9.17. The SMILES string of the molecule is C=Cc1ccc2c(c1)c1ccccc1n2-c1cccc(-n2c3ccccc3c3cc(C=C)ccc32)c1. The summed E-state index contributed by atoms with van der Waals surface area (Å²) in [6, 6.07) is 39.2. The quantitative estimate of drug-likeness (QED) is 0.248. The Morgan fingerprint density at radius 3 is 1.33 bits per heavy atom. The minimum Gasteiger partial charge on any atom is -0.309 e. The smallest absolute Gasteiger partial charge is 0.0541 e. The summed E-state index contributed by atoms with van der Waals surface area (Å²) in [5, 5.41) is 4.97. The average Bonchev–Trinajstić information content (AvgIpc) is 3.45. The molecule has 0 amide bonds. The second-order valence-corrected chi connectivity index (χ2v) is 9.19. The van der Waals surface area contributed by atoms with Crippen LogP contribution in [0.4, 0.5) is 0 Å². The van der Waals surface area contributed by atoms with Crippen LogP contribution in [0.3, 0.4) is 0 Å². The van der Waals surface area contributed by atoms with E-state index in [0.717, 1.165) is 22.5 Å². The normalized spacial score (nSPS) is 11.6. The van der Waals surface area contributed by atoms with E-state index in [1.807, 2.05) is 12.2 Å². The van der Waals surface area contributed by atoms with Gasteiger partial charge < -0.3 is 9.13 Å². The lowest BCUT2D eigenvalue weighted by atomic mass is 10.1. The molecule has 0 saturated heterocycles. The topological polar surface area (TPSA) is 9.86 Å². The Morgan fingerprint density at radius 2 is 0.861 bits per heavy atom. The average molecular weight is 461 g/mol. The van der Waals surface area contributed by atoms with E-state index in [4.69, 9.17) is 0 Å². The molecule has 2 heteroatoms. The van der Waals surface area contributed by atoms with Gasteiger partial charge in [-0.2, -0.15) is 0 Å². The van der Waals surface area contributed by atoms with Gasteiger partial charge in [-0.05, 0) is 65.7 Å². The van der Waals surface area contributed by atoms with Crippen LogP contribution in [-0.4, -0.2) is 9.13 Å². The van der Waals surface area contributed by atoms with Crippen LogP contribution in [0.2, 0.25) is 0 Å². The van der Waals surface area contributed by atoms with Crippen LogP contribution in [0.5, 0.6) is 0 Å². The van der Waals surface area contributed by atoms with Gasteiger partial charge in [0.15, 0.2) is 0 Å². The summed E-state index contributed by atoms with van der Waals surface area (Å²) in [5.41, 5.74) is 9.31. The molecule has 7 aromatic rings. The largest absolute Gasteiger partial charge is 0.309 e. The van der Waals surface area contributed by atoms with Gasteiger partial charge in [-0.15, -0.1) is 0 Å². The lowest BCUT2D eigenvalue weighted by Gasteiger charge is -2.13. The number of nitrogens with zero attached hydrogens (tertiary/aromatic N) is 2. The van der Waals surface area contributed by atoms with Gasteiger partial charge in [0.05, 0.1) is 22.1 Å². The number of rotatable bonds is 4. The molecule has 0 radical (unpaired) electrons. The Morgan fingerprint density at radius 1 is 0.417 bits per heavy atom. The molecule has 170 valence electrons. The predicted molar refractivity (Wildman–Crippen MR) is 155 cm³/mol. The lowest BCUT2D eigenvalue weighted by molar-refractivity contribution is 1.13. The first kappa shape index (κ1) is 20.5. The van der Waals surface area contributed by atoms with E-state index < -0.39 is 0 Å². The maximum absolute atomic E-state index is 3.97. The highest BCUT2D eigenvalue weighted by Crippen LogP contribution is 2.36. The molecular formula is C34H24N2. The standard InChI is InChI=1S/C34H24N2/c1-3-23-16-18-33-29(20-23)27-12-5-7-14-31(27)35(33)25-10-9-11-26(22-25)36-32-15-8-6-13-28(32)30-21-24(4-2)17-19-34(30)36/h3-22H,1-2H2. The van der Waals surface area contributed by atoms with Crippen molar-refractivity contribution in [2.75, 3.05) is 0 Å². The van der Waals surface area contributed by atoms with Crippen LogP contribution < -0.4 is 0 Å². The first-order valence-electron chi connectivity index (χ1n) is 12.2. The molecule has 0 atom stereocenters. The monoisotopic (exact) mass is 460 g/mol. The summed E-state index contributed by atoms with van der Waals surface area (Å²) in [4.78, 5) is 0. The first-order chi connectivity index (χ1) is 17.8. The van der Waals surface area contributed by atoms with Crippen molar-refractivity contribution < 1.29 is 0 Å². The zero-order valence-electron chi connectivity index (χ0n) is 19.9. The molecule has 2 aromatic heterocycles. The van der Waals surface area contributed by atoms with E-state index in [1.165, 1.54) is 43.6 Å². The zero-order valence-corrected chi connectivity index (χ0v) is 19.9. The molecule has 0 fully saturated rings. The second kappa shape index (κ2) is 7.86. The van der Waals surface area contributed by atoms with Crippen LogP contribution in [0.15, 0.2) is 122 Å². The summed E-state index contributed by atoms with van der Waals surface area (Å²) in [6.07, 6.45) is 3.82. The van der Waals surface area contributed by atoms with Crippen molar-refractivity contribution in [3.63, 3.8) is 0 Å². The molecule has 36 heavy (non-hydrogen) atoms. The van der Waals surface area contributed by atoms with Crippen molar-refractivity contribution in [2.45, 2.75) is 0 Å². The Hall–Kier alpha value is -4.82. The van der Waals surface area contributed by atoms with Crippen LogP contribution in [0, 0.1) is 0 Å². The van der Waals surface area contributed by atoms with Gasteiger partial charge in [0.2, 0.25) is 0 Å². The van der Waals surface area contributed by atoms with Gasteiger partial charge >= 0.3 is 0 Å². The molecule has 0 spiro atoms. The van der Waals surface area contributed by atoms with E-state index >= 15 is 0 Å². The third kappa shape index (κ3) is 2.91. The van der Waals surface area contributed by atoms with Crippen molar-refractivity contribution in [3.8, 4) is 11.4 Å². The van der Waals surface area contributed by atoms with Crippen LogP contribution in [0.25, 0.3) is 67.1 Å². The third-order valence-corrected chi connectivity index (χ3v) is 7.21. The molecule has 5 aromatic carbocycles. The van der Waals surface area contributed by atoms with Crippen molar-refractivity contribution in [3.05, 3.63) is 133 Å². The van der Waals surface area contributed by atoms with Crippen LogP contribution in [0.1, 0.15) is 11.1 Å². The Bertz CT molecular complexity index is 1840. The Kier molecular flexibility index (Phi) is 4.49. The van der Waals surface area contributed by atoms with Crippen LogP contribution in [-0.2, 0) is 0 Å². The number of fused-ring (bicyclic) bond motifs is 6. The molecule has 0 aliphatic rings. The van der Waals surface area contributed by atoms with Crippen molar-refractivity contribution in [1.29, 1.82) is 0 Å². The summed E-state index contributed by atoms with van der Waals surface area (Å²) >= 11 is 0. The molecule has 0 saturated carbocycles. The summed E-state index contributed by atoms with van der Waals surface area (Å²) in [5.74, 6) is 0.